The largest absolute Gasteiger partial charge is 0.472 e. The Morgan fingerprint density at radius 3 is 1.32 bits per heavy atom. The van der Waals surface area contributed by atoms with E-state index in [4.69, 9.17) is 18.5 Å². The summed E-state index contributed by atoms with van der Waals surface area (Å²) in [7, 11) is -5.06. The van der Waals surface area contributed by atoms with Crippen molar-refractivity contribution in [2.24, 2.45) is 0 Å². The molecule has 0 heterocycles. The van der Waals surface area contributed by atoms with Gasteiger partial charge in [-0.3, -0.25) is 13.8 Å². The van der Waals surface area contributed by atoms with Crippen LogP contribution < -0.4 is 0 Å². The van der Waals surface area contributed by atoms with Gasteiger partial charge < -0.3 is 39.9 Å². The van der Waals surface area contributed by atoms with Crippen LogP contribution in [0.3, 0.4) is 0 Å². The van der Waals surface area contributed by atoms with Crippen LogP contribution in [-0.4, -0.2) is 98.9 Å². The van der Waals surface area contributed by atoms with E-state index in [0.717, 1.165) is 64.2 Å². The van der Waals surface area contributed by atoms with E-state index < -0.39 is 63.1 Å². The van der Waals surface area contributed by atoms with Gasteiger partial charge in [0.1, 0.15) is 42.7 Å². The van der Waals surface area contributed by atoms with Crippen LogP contribution >= 0.6 is 7.82 Å². The molecule has 12 nitrogen and oxygen atoms in total. The highest BCUT2D eigenvalue weighted by Crippen LogP contribution is 2.47. The van der Waals surface area contributed by atoms with Gasteiger partial charge in [-0.1, -0.05) is 135 Å². The molecule has 6 N–H and O–H groups in total. The Balaban J connectivity index is 2.55. The van der Waals surface area contributed by atoms with Gasteiger partial charge in [0.15, 0.2) is 0 Å². The number of esters is 1. The Labute approximate surface area is 359 Å². The summed E-state index contributed by atoms with van der Waals surface area (Å²) in [5, 5.41) is 50.1. The number of rotatable bonds is 33. The lowest BCUT2D eigenvalue weighted by atomic mass is 9.85. The van der Waals surface area contributed by atoms with Crippen LogP contribution in [0.15, 0.2) is 122 Å². The maximum Gasteiger partial charge on any atom is 0.472 e. The number of phosphoric acid groups is 1. The van der Waals surface area contributed by atoms with Crippen LogP contribution in [0.2, 0.25) is 0 Å². The number of hydrogen-bond donors (Lipinski definition) is 6. The zero-order chi connectivity index (χ0) is 44.1. The van der Waals surface area contributed by atoms with Gasteiger partial charge in [0, 0.05) is 6.42 Å². The molecule has 1 aliphatic carbocycles. The fourth-order valence-corrected chi connectivity index (χ4v) is 6.48. The Morgan fingerprint density at radius 2 is 0.900 bits per heavy atom. The number of ether oxygens (including phenoxy) is 2. The molecule has 0 aromatic heterocycles. The molecule has 0 spiro atoms. The van der Waals surface area contributed by atoms with Crippen molar-refractivity contribution < 1.29 is 58.3 Å². The highest BCUT2D eigenvalue weighted by Gasteiger charge is 2.51. The average Bonchev–Trinajstić information content (AvgIpc) is 3.23. The topological polar surface area (TPSA) is 192 Å². The number of allylic oxidation sites excluding steroid dienone is 19. The quantitative estimate of drug-likeness (QED) is 0.0160. The molecule has 1 fully saturated rings. The van der Waals surface area contributed by atoms with Crippen molar-refractivity contribution in [1.82, 2.24) is 0 Å². The third-order valence-corrected chi connectivity index (χ3v) is 9.83. The summed E-state index contributed by atoms with van der Waals surface area (Å²) in [6, 6.07) is 0. The summed E-state index contributed by atoms with van der Waals surface area (Å²) in [6.07, 6.45) is 40.1. The third-order valence-electron chi connectivity index (χ3n) is 8.85. The molecule has 338 valence electrons. The second-order valence-corrected chi connectivity index (χ2v) is 15.5. The van der Waals surface area contributed by atoms with E-state index in [9.17, 15) is 39.8 Å². The zero-order valence-electron chi connectivity index (χ0n) is 35.7. The molecule has 0 aromatic carbocycles. The highest BCUT2D eigenvalue weighted by atomic mass is 31.2. The molecular formula is C47H73O12P. The molecule has 0 saturated heterocycles. The average molecular weight is 861 g/mol. The molecule has 0 aromatic rings. The summed E-state index contributed by atoms with van der Waals surface area (Å²) in [5.41, 5.74) is 0. The van der Waals surface area contributed by atoms with Crippen molar-refractivity contribution in [3.63, 3.8) is 0 Å². The number of phosphoric ester groups is 1. The first kappa shape index (κ1) is 54.8. The van der Waals surface area contributed by atoms with E-state index in [1.54, 1.807) is 0 Å². The molecule has 6 unspecified atom stereocenters. The Morgan fingerprint density at radius 1 is 0.533 bits per heavy atom. The van der Waals surface area contributed by atoms with Crippen LogP contribution in [-0.2, 0) is 27.9 Å². The maximum absolute atomic E-state index is 12.8. The van der Waals surface area contributed by atoms with Gasteiger partial charge in [-0.15, -0.1) is 0 Å². The summed E-state index contributed by atoms with van der Waals surface area (Å²) in [5.74, 6) is -0.565. The lowest BCUT2D eigenvalue weighted by molar-refractivity contribution is -0.220. The number of carbonyl (C=O) groups excluding carboxylic acids is 1. The number of carbonyl (C=O) groups is 1. The lowest BCUT2D eigenvalue weighted by Gasteiger charge is -2.41. The van der Waals surface area contributed by atoms with Crippen molar-refractivity contribution >= 4 is 13.8 Å². The molecular weight excluding hydrogens is 787 g/mol. The minimum Gasteiger partial charge on any atom is -0.457 e. The van der Waals surface area contributed by atoms with Gasteiger partial charge in [-0.05, 0) is 83.5 Å². The molecule has 6 atom stereocenters. The fourth-order valence-electron chi connectivity index (χ4n) is 5.51. The second kappa shape index (κ2) is 36.4. The number of unbranched alkanes of at least 4 members (excludes halogenated alkanes) is 1. The molecule has 0 aliphatic heterocycles. The Bertz CT molecular complexity index is 1440. The van der Waals surface area contributed by atoms with Crippen molar-refractivity contribution in [3.8, 4) is 0 Å². The minimum atomic E-state index is -5.06. The lowest BCUT2D eigenvalue weighted by Crippen LogP contribution is -2.64. The molecule has 0 radical (unpaired) electrons. The van der Waals surface area contributed by atoms with E-state index in [0.29, 0.717) is 19.3 Å². The molecule has 0 amide bonds. The first-order valence-electron chi connectivity index (χ1n) is 21.4. The summed E-state index contributed by atoms with van der Waals surface area (Å²) in [4.78, 5) is 23.1. The van der Waals surface area contributed by atoms with Crippen LogP contribution in [0.4, 0.5) is 0 Å². The molecule has 1 aliphatic rings. The van der Waals surface area contributed by atoms with Crippen LogP contribution in [0.1, 0.15) is 104 Å². The number of hydrogen-bond acceptors (Lipinski definition) is 11. The van der Waals surface area contributed by atoms with E-state index >= 15 is 0 Å². The standard InChI is InChI=1S/C47H73O12P/c1-3-5-7-9-11-13-15-17-19-21-22-24-26-28-30-32-34-36-41(48)58-40(39-57-60(54,55)59-47-45(52)43(50)42(49)44(51)46(47)53)38-56-37-35-33-31-29-27-25-23-20-18-16-14-12-10-8-6-4-2/h5-8,11-14,17-20,22,24-25,27-28,30-31,33,40,42-47,49-53H,3-4,9-10,15-16,21,23,26,29,32,34-39H2,1-2H3,(H,54,55)/b7-5-,8-6-,13-11-,14-12-,19-17-,20-18-,24-22-,27-25-,30-28-,33-31-. The maximum atomic E-state index is 12.8. The van der Waals surface area contributed by atoms with Crippen molar-refractivity contribution in [2.75, 3.05) is 19.8 Å². The van der Waals surface area contributed by atoms with Crippen molar-refractivity contribution in [2.45, 2.75) is 146 Å². The Kier molecular flexibility index (Phi) is 33.2. The van der Waals surface area contributed by atoms with Crippen molar-refractivity contribution in [3.05, 3.63) is 122 Å². The molecule has 1 rings (SSSR count). The molecule has 13 heteroatoms. The fraction of sp³-hybridized carbons (Fsp3) is 0.553. The normalized spacial score (nSPS) is 23.5. The van der Waals surface area contributed by atoms with E-state index in [-0.39, 0.29) is 19.6 Å². The second-order valence-electron chi connectivity index (χ2n) is 14.1. The van der Waals surface area contributed by atoms with Crippen LogP contribution in [0.25, 0.3) is 0 Å². The smallest absolute Gasteiger partial charge is 0.457 e. The van der Waals surface area contributed by atoms with Gasteiger partial charge in [-0.2, -0.15) is 0 Å². The predicted octanol–water partition coefficient (Wildman–Crippen LogP) is 8.30. The summed E-state index contributed by atoms with van der Waals surface area (Å²) in [6.45, 7) is 3.71. The van der Waals surface area contributed by atoms with Crippen molar-refractivity contribution in [1.29, 1.82) is 0 Å². The van der Waals surface area contributed by atoms with Gasteiger partial charge >= 0.3 is 13.8 Å². The Hall–Kier alpha value is -3.26. The minimum absolute atomic E-state index is 0.0801. The van der Waals surface area contributed by atoms with Gasteiger partial charge in [0.2, 0.25) is 0 Å². The molecule has 1 saturated carbocycles. The van der Waals surface area contributed by atoms with E-state index in [1.165, 1.54) is 0 Å². The SMILES string of the molecule is CC/C=C\C/C=C\C/C=C\C/C=C\C/C=C\CCCC(=O)OC(COCC/C=C\C/C=C\C/C=C\C/C=C\C/C=C\CC)COP(=O)(O)OC1C(O)C(O)C(O)C(O)C1O. The first-order chi connectivity index (χ1) is 29.0. The van der Waals surface area contributed by atoms with E-state index in [2.05, 4.69) is 111 Å². The van der Waals surface area contributed by atoms with Gasteiger partial charge in [-0.25, -0.2) is 4.57 Å². The first-order valence-corrected chi connectivity index (χ1v) is 22.9. The summed E-state index contributed by atoms with van der Waals surface area (Å²) >= 11 is 0. The highest BCUT2D eigenvalue weighted by molar-refractivity contribution is 7.47. The summed E-state index contributed by atoms with van der Waals surface area (Å²) < 4.78 is 33.9. The molecule has 0 bridgehead atoms. The van der Waals surface area contributed by atoms with Crippen LogP contribution in [0.5, 0.6) is 0 Å². The molecule has 60 heavy (non-hydrogen) atoms. The van der Waals surface area contributed by atoms with Gasteiger partial charge in [0.25, 0.3) is 0 Å². The zero-order valence-corrected chi connectivity index (χ0v) is 36.6. The number of aliphatic hydroxyl groups is 5. The number of aliphatic hydroxyl groups excluding tert-OH is 5. The predicted molar refractivity (Wildman–Crippen MR) is 239 cm³/mol. The third kappa shape index (κ3) is 28.3. The van der Waals surface area contributed by atoms with Gasteiger partial charge in [0.05, 0.1) is 19.8 Å². The monoisotopic (exact) mass is 860 g/mol. The van der Waals surface area contributed by atoms with Crippen LogP contribution in [0, 0.1) is 0 Å². The van der Waals surface area contributed by atoms with E-state index in [1.807, 2.05) is 24.3 Å².